The van der Waals surface area contributed by atoms with Crippen LogP contribution in [0, 0.1) is 5.82 Å². The average Bonchev–Trinajstić information content (AvgIpc) is 2.44. The molecule has 20 heavy (non-hydrogen) atoms. The zero-order valence-electron chi connectivity index (χ0n) is 11.7. The lowest BCUT2D eigenvalue weighted by molar-refractivity contribution is 0.0200. The summed E-state index contributed by atoms with van der Waals surface area (Å²) in [6, 6.07) is 7.28. The number of hydrogen-bond acceptors (Lipinski definition) is 4. The predicted octanol–water partition coefficient (Wildman–Crippen LogP) is 0.794. The molecule has 0 unspecified atom stereocenters. The van der Waals surface area contributed by atoms with Gasteiger partial charge in [-0.1, -0.05) is 12.1 Å². The van der Waals surface area contributed by atoms with Crippen LogP contribution in [0.1, 0.15) is 0 Å². The highest BCUT2D eigenvalue weighted by atomic mass is 19.1. The van der Waals surface area contributed by atoms with E-state index in [0.29, 0.717) is 18.4 Å². The number of piperazine rings is 1. The summed E-state index contributed by atoms with van der Waals surface area (Å²) in [6.45, 7) is 8.17. The Morgan fingerprint density at radius 2 is 1.95 bits per heavy atom. The molecule has 0 aliphatic carbocycles. The van der Waals surface area contributed by atoms with E-state index in [0.717, 1.165) is 45.8 Å². The topological polar surface area (TPSA) is 27.7 Å². The molecule has 0 aromatic heterocycles. The third kappa shape index (κ3) is 3.29. The second-order valence-corrected chi connectivity index (χ2v) is 5.48. The molecule has 2 heterocycles. The highest BCUT2D eigenvalue weighted by Crippen LogP contribution is 2.17. The molecule has 1 aromatic carbocycles. The largest absolute Gasteiger partial charge is 0.489 e. The van der Waals surface area contributed by atoms with Gasteiger partial charge in [0.05, 0.1) is 0 Å². The van der Waals surface area contributed by atoms with Crippen LogP contribution in [0.15, 0.2) is 24.3 Å². The van der Waals surface area contributed by atoms with Crippen LogP contribution < -0.4 is 10.1 Å². The summed E-state index contributed by atoms with van der Waals surface area (Å²) in [5, 5.41) is 3.38. The zero-order chi connectivity index (χ0) is 13.8. The van der Waals surface area contributed by atoms with E-state index in [-0.39, 0.29) is 5.82 Å². The Morgan fingerprint density at radius 1 is 1.20 bits per heavy atom. The van der Waals surface area contributed by atoms with Gasteiger partial charge in [0.2, 0.25) is 0 Å². The summed E-state index contributed by atoms with van der Waals surface area (Å²) in [6.07, 6.45) is 0. The van der Waals surface area contributed by atoms with Crippen molar-refractivity contribution in [3.05, 3.63) is 30.1 Å². The van der Waals surface area contributed by atoms with Crippen LogP contribution >= 0.6 is 0 Å². The van der Waals surface area contributed by atoms with Crippen molar-refractivity contribution in [2.45, 2.75) is 6.04 Å². The normalized spacial score (nSPS) is 21.6. The molecule has 2 aliphatic heterocycles. The lowest BCUT2D eigenvalue weighted by Gasteiger charge is -2.46. The summed E-state index contributed by atoms with van der Waals surface area (Å²) in [5.74, 6) is 0.0708. The van der Waals surface area contributed by atoms with Crippen LogP contribution in [0.2, 0.25) is 0 Å². The number of ether oxygens (including phenoxy) is 1. The zero-order valence-corrected chi connectivity index (χ0v) is 11.7. The molecule has 2 saturated heterocycles. The maximum atomic E-state index is 13.4. The maximum absolute atomic E-state index is 13.4. The first kappa shape index (κ1) is 13.8. The Bertz CT molecular complexity index is 431. The van der Waals surface area contributed by atoms with E-state index in [9.17, 15) is 4.39 Å². The minimum atomic E-state index is -0.283. The first-order valence-electron chi connectivity index (χ1n) is 7.37. The van der Waals surface area contributed by atoms with Crippen LogP contribution in [0.4, 0.5) is 4.39 Å². The van der Waals surface area contributed by atoms with Crippen LogP contribution in [0.25, 0.3) is 0 Å². The molecule has 2 aliphatic rings. The molecule has 5 heteroatoms. The highest BCUT2D eigenvalue weighted by molar-refractivity contribution is 5.23. The Balaban J connectivity index is 1.34. The van der Waals surface area contributed by atoms with Gasteiger partial charge in [-0.15, -0.1) is 0 Å². The van der Waals surface area contributed by atoms with Crippen molar-refractivity contribution in [2.24, 2.45) is 0 Å². The average molecular weight is 279 g/mol. The number of benzene rings is 1. The summed E-state index contributed by atoms with van der Waals surface area (Å²) in [7, 11) is 0. The molecule has 110 valence electrons. The lowest BCUT2D eigenvalue weighted by Crippen LogP contribution is -2.63. The summed E-state index contributed by atoms with van der Waals surface area (Å²) < 4.78 is 18.8. The Kier molecular flexibility index (Phi) is 4.50. The number of halogens is 1. The quantitative estimate of drug-likeness (QED) is 0.862. The number of nitrogens with zero attached hydrogens (tertiary/aromatic N) is 2. The highest BCUT2D eigenvalue weighted by Gasteiger charge is 2.31. The van der Waals surface area contributed by atoms with Crippen LogP contribution in [-0.2, 0) is 0 Å². The lowest BCUT2D eigenvalue weighted by atomic mass is 10.1. The van der Waals surface area contributed by atoms with E-state index in [1.807, 2.05) is 0 Å². The van der Waals surface area contributed by atoms with Gasteiger partial charge in [-0.3, -0.25) is 9.80 Å². The third-order valence-electron chi connectivity index (χ3n) is 4.11. The van der Waals surface area contributed by atoms with Crippen LogP contribution in [-0.4, -0.2) is 68.3 Å². The van der Waals surface area contributed by atoms with E-state index in [1.54, 1.807) is 18.2 Å². The predicted molar refractivity (Wildman–Crippen MR) is 76.6 cm³/mol. The van der Waals surface area contributed by atoms with Gasteiger partial charge in [-0.2, -0.15) is 0 Å². The van der Waals surface area contributed by atoms with Crippen molar-refractivity contribution in [1.82, 2.24) is 15.1 Å². The molecule has 2 fully saturated rings. The standard InChI is InChI=1S/C15H22FN3O/c16-14-3-1-2-4-15(14)20-10-9-18-11-13(12-18)19-7-5-17-6-8-19/h1-4,13,17H,5-12H2. The maximum Gasteiger partial charge on any atom is 0.165 e. The Hall–Kier alpha value is -1.17. The van der Waals surface area contributed by atoms with Gasteiger partial charge < -0.3 is 10.1 Å². The van der Waals surface area contributed by atoms with Crippen LogP contribution in [0.3, 0.4) is 0 Å². The summed E-state index contributed by atoms with van der Waals surface area (Å²) in [4.78, 5) is 4.93. The minimum absolute atomic E-state index is 0.283. The Labute approximate surface area is 119 Å². The fourth-order valence-corrected chi connectivity index (χ4v) is 2.85. The fourth-order valence-electron chi connectivity index (χ4n) is 2.85. The van der Waals surface area contributed by atoms with Gasteiger partial charge in [0.15, 0.2) is 11.6 Å². The third-order valence-corrected chi connectivity index (χ3v) is 4.11. The van der Waals surface area contributed by atoms with Crippen molar-refractivity contribution in [3.63, 3.8) is 0 Å². The van der Waals surface area contributed by atoms with Gasteiger partial charge >= 0.3 is 0 Å². The molecule has 1 aromatic rings. The van der Waals surface area contributed by atoms with E-state index in [2.05, 4.69) is 15.1 Å². The summed E-state index contributed by atoms with van der Waals surface area (Å²) in [5.41, 5.74) is 0. The molecule has 0 bridgehead atoms. The van der Waals surface area contributed by atoms with Crippen molar-refractivity contribution in [3.8, 4) is 5.75 Å². The SMILES string of the molecule is Fc1ccccc1OCCN1CC(N2CCNCC2)C1. The molecular formula is C15H22FN3O. The fraction of sp³-hybridized carbons (Fsp3) is 0.600. The van der Waals surface area contributed by atoms with Gasteiger partial charge in [0.25, 0.3) is 0 Å². The smallest absolute Gasteiger partial charge is 0.165 e. The summed E-state index contributed by atoms with van der Waals surface area (Å²) >= 11 is 0. The van der Waals surface area contributed by atoms with Crippen molar-refractivity contribution in [2.75, 3.05) is 52.4 Å². The van der Waals surface area contributed by atoms with Gasteiger partial charge in [-0.25, -0.2) is 4.39 Å². The monoisotopic (exact) mass is 279 g/mol. The van der Waals surface area contributed by atoms with Gasteiger partial charge in [0, 0.05) is 51.9 Å². The number of likely N-dealkylation sites (tertiary alicyclic amines) is 1. The molecule has 0 spiro atoms. The molecule has 4 nitrogen and oxygen atoms in total. The molecule has 0 saturated carbocycles. The molecule has 0 amide bonds. The van der Waals surface area contributed by atoms with Crippen molar-refractivity contribution >= 4 is 0 Å². The minimum Gasteiger partial charge on any atom is -0.489 e. The second kappa shape index (κ2) is 6.52. The molecule has 0 radical (unpaired) electrons. The molecular weight excluding hydrogens is 257 g/mol. The van der Waals surface area contributed by atoms with E-state index >= 15 is 0 Å². The molecule has 0 atom stereocenters. The van der Waals surface area contributed by atoms with E-state index < -0.39 is 0 Å². The van der Waals surface area contributed by atoms with Crippen LogP contribution in [0.5, 0.6) is 5.75 Å². The second-order valence-electron chi connectivity index (χ2n) is 5.48. The number of rotatable bonds is 5. The molecule has 3 rings (SSSR count). The van der Waals surface area contributed by atoms with Crippen molar-refractivity contribution in [1.29, 1.82) is 0 Å². The van der Waals surface area contributed by atoms with E-state index in [4.69, 9.17) is 4.74 Å². The van der Waals surface area contributed by atoms with Gasteiger partial charge in [0.1, 0.15) is 6.61 Å². The number of hydrogen-bond donors (Lipinski definition) is 1. The van der Waals surface area contributed by atoms with Gasteiger partial charge in [-0.05, 0) is 12.1 Å². The van der Waals surface area contributed by atoms with Crippen molar-refractivity contribution < 1.29 is 9.13 Å². The number of nitrogens with one attached hydrogen (secondary N) is 1. The number of para-hydroxylation sites is 1. The first-order valence-corrected chi connectivity index (χ1v) is 7.37. The van der Waals surface area contributed by atoms with E-state index in [1.165, 1.54) is 6.07 Å². The first-order chi connectivity index (χ1) is 9.83. The molecule has 1 N–H and O–H groups in total. The Morgan fingerprint density at radius 3 is 2.70 bits per heavy atom.